The van der Waals surface area contributed by atoms with Gasteiger partial charge in [-0.2, -0.15) is 0 Å². The van der Waals surface area contributed by atoms with E-state index >= 15 is 0 Å². The molecule has 0 spiro atoms. The van der Waals surface area contributed by atoms with Gasteiger partial charge in [-0.3, -0.25) is 0 Å². The third kappa shape index (κ3) is 2.95. The molecule has 0 aliphatic carbocycles. The largest absolute Gasteiger partial charge is 0.456 e. The summed E-state index contributed by atoms with van der Waals surface area (Å²) in [7, 11) is 0. The fourth-order valence-electron chi connectivity index (χ4n) is 4.72. The van der Waals surface area contributed by atoms with Gasteiger partial charge in [0.05, 0.1) is 5.52 Å². The zero-order chi connectivity index (χ0) is 21.1. The summed E-state index contributed by atoms with van der Waals surface area (Å²) < 4.78 is 8.41. The number of furan rings is 1. The predicted octanol–water partition coefficient (Wildman–Crippen LogP) is 8.12. The molecule has 6 aromatic rings. The number of hydrogen-bond donors (Lipinski definition) is 0. The Morgan fingerprint density at radius 2 is 1.32 bits per heavy atom. The minimum absolute atomic E-state index is 0.920. The third-order valence-corrected chi connectivity index (χ3v) is 6.13. The van der Waals surface area contributed by atoms with E-state index in [-0.39, 0.29) is 0 Å². The maximum Gasteiger partial charge on any atom is 0.135 e. The van der Waals surface area contributed by atoms with Crippen LogP contribution in [0.4, 0.5) is 0 Å². The molecule has 6 rings (SSSR count). The van der Waals surface area contributed by atoms with Crippen molar-refractivity contribution < 1.29 is 4.42 Å². The fourth-order valence-corrected chi connectivity index (χ4v) is 4.72. The molecule has 2 aromatic heterocycles. The molecule has 150 valence electrons. The van der Waals surface area contributed by atoms with E-state index in [0.717, 1.165) is 27.6 Å². The molecule has 0 aliphatic heterocycles. The number of aryl methyl sites for hydroxylation is 3. The van der Waals surface area contributed by atoms with Gasteiger partial charge in [-0.25, -0.2) is 0 Å². The van der Waals surface area contributed by atoms with E-state index < -0.39 is 0 Å². The molecule has 0 atom stereocenters. The molecule has 2 nitrogen and oxygen atoms in total. The highest BCUT2D eigenvalue weighted by Crippen LogP contribution is 2.34. The van der Waals surface area contributed by atoms with Gasteiger partial charge < -0.3 is 8.98 Å². The van der Waals surface area contributed by atoms with Crippen LogP contribution in [0.2, 0.25) is 0 Å². The van der Waals surface area contributed by atoms with E-state index in [2.05, 4.69) is 110 Å². The first-order chi connectivity index (χ1) is 15.0. The Balaban J connectivity index is 1.55. The summed E-state index contributed by atoms with van der Waals surface area (Å²) >= 11 is 0. The van der Waals surface area contributed by atoms with E-state index in [4.69, 9.17) is 4.42 Å². The first-order valence-corrected chi connectivity index (χ1v) is 10.7. The maximum absolute atomic E-state index is 6.16. The minimum atomic E-state index is 0.920. The normalized spacial score (nSPS) is 11.7. The Morgan fingerprint density at radius 3 is 2.13 bits per heavy atom. The number of rotatable bonds is 2. The van der Waals surface area contributed by atoms with Crippen LogP contribution in [0, 0.1) is 20.8 Å². The highest BCUT2D eigenvalue weighted by atomic mass is 16.3. The highest BCUT2D eigenvalue weighted by molar-refractivity contribution is 6.07. The number of fused-ring (bicyclic) bond motifs is 4. The van der Waals surface area contributed by atoms with Crippen LogP contribution in [0.3, 0.4) is 0 Å². The van der Waals surface area contributed by atoms with Crippen molar-refractivity contribution >= 4 is 32.8 Å². The Bertz CT molecular complexity index is 1590. The first-order valence-electron chi connectivity index (χ1n) is 10.7. The smallest absolute Gasteiger partial charge is 0.135 e. The number of aromatic nitrogens is 1. The molecule has 0 unspecified atom stereocenters. The van der Waals surface area contributed by atoms with Crippen LogP contribution in [0.25, 0.3) is 49.7 Å². The molecular formula is C29H23NO. The van der Waals surface area contributed by atoms with Gasteiger partial charge in [0.25, 0.3) is 0 Å². The zero-order valence-corrected chi connectivity index (χ0v) is 17.9. The van der Waals surface area contributed by atoms with Crippen molar-refractivity contribution in [3.05, 3.63) is 102 Å². The topological polar surface area (TPSA) is 18.1 Å². The van der Waals surface area contributed by atoms with Gasteiger partial charge in [0.15, 0.2) is 0 Å². The van der Waals surface area contributed by atoms with Crippen molar-refractivity contribution in [1.29, 1.82) is 0 Å². The molecule has 4 aromatic carbocycles. The Morgan fingerprint density at radius 1 is 0.581 bits per heavy atom. The third-order valence-electron chi connectivity index (χ3n) is 6.13. The van der Waals surface area contributed by atoms with Crippen molar-refractivity contribution in [3.63, 3.8) is 0 Å². The van der Waals surface area contributed by atoms with Crippen molar-refractivity contribution in [2.45, 2.75) is 20.8 Å². The van der Waals surface area contributed by atoms with Crippen LogP contribution in [0.15, 0.2) is 89.5 Å². The quantitative estimate of drug-likeness (QED) is 0.286. The molecule has 0 radical (unpaired) electrons. The lowest BCUT2D eigenvalue weighted by molar-refractivity contribution is 0.669. The summed E-state index contributed by atoms with van der Waals surface area (Å²) in [6.07, 6.45) is 2.15. The Labute approximate surface area is 181 Å². The van der Waals surface area contributed by atoms with Gasteiger partial charge in [-0.1, -0.05) is 47.0 Å². The van der Waals surface area contributed by atoms with Crippen molar-refractivity contribution in [2.75, 3.05) is 0 Å². The Kier molecular flexibility index (Phi) is 3.85. The lowest BCUT2D eigenvalue weighted by Gasteiger charge is -2.07. The van der Waals surface area contributed by atoms with Crippen LogP contribution in [0.1, 0.15) is 16.7 Å². The van der Waals surface area contributed by atoms with Gasteiger partial charge in [-0.05, 0) is 80.4 Å². The maximum atomic E-state index is 6.16. The molecule has 0 saturated heterocycles. The van der Waals surface area contributed by atoms with E-state index in [1.165, 1.54) is 38.7 Å². The van der Waals surface area contributed by atoms with Crippen LogP contribution >= 0.6 is 0 Å². The van der Waals surface area contributed by atoms with Crippen LogP contribution in [-0.4, -0.2) is 4.57 Å². The van der Waals surface area contributed by atoms with Gasteiger partial charge in [-0.15, -0.1) is 0 Å². The van der Waals surface area contributed by atoms with Gasteiger partial charge >= 0.3 is 0 Å². The molecule has 0 amide bonds. The summed E-state index contributed by atoms with van der Waals surface area (Å²) in [5.74, 6) is 0. The molecular weight excluding hydrogens is 378 g/mol. The second-order valence-corrected chi connectivity index (χ2v) is 8.62. The average molecular weight is 402 g/mol. The molecule has 0 saturated carbocycles. The van der Waals surface area contributed by atoms with Crippen molar-refractivity contribution in [1.82, 2.24) is 4.57 Å². The van der Waals surface area contributed by atoms with E-state index in [1.807, 2.05) is 0 Å². The SMILES string of the molecule is Cc1cc(C)cc(-c2ccc3oc4ccc(-n5ccc6cc(C)ccc65)cc4c3c2)c1. The molecule has 2 heteroatoms. The minimum Gasteiger partial charge on any atom is -0.456 e. The predicted molar refractivity (Wildman–Crippen MR) is 130 cm³/mol. The summed E-state index contributed by atoms with van der Waals surface area (Å²) in [6.45, 7) is 6.43. The summed E-state index contributed by atoms with van der Waals surface area (Å²) in [5.41, 5.74) is 10.5. The number of hydrogen-bond acceptors (Lipinski definition) is 1. The molecule has 0 fully saturated rings. The fraction of sp³-hybridized carbons (Fsp3) is 0.103. The van der Waals surface area contributed by atoms with Crippen molar-refractivity contribution in [3.8, 4) is 16.8 Å². The second kappa shape index (κ2) is 6.61. The van der Waals surface area contributed by atoms with E-state index in [0.29, 0.717) is 0 Å². The van der Waals surface area contributed by atoms with E-state index in [1.54, 1.807) is 0 Å². The Hall–Kier alpha value is -3.78. The first kappa shape index (κ1) is 18.0. The summed E-state index contributed by atoms with van der Waals surface area (Å²) in [4.78, 5) is 0. The molecule has 0 bridgehead atoms. The van der Waals surface area contributed by atoms with Crippen LogP contribution in [0.5, 0.6) is 0 Å². The average Bonchev–Trinajstić information content (AvgIpc) is 3.32. The lowest BCUT2D eigenvalue weighted by Crippen LogP contribution is -1.91. The van der Waals surface area contributed by atoms with Gasteiger partial charge in [0.2, 0.25) is 0 Å². The summed E-state index contributed by atoms with van der Waals surface area (Å²) in [6, 6.07) is 28.4. The highest BCUT2D eigenvalue weighted by Gasteiger charge is 2.11. The second-order valence-electron chi connectivity index (χ2n) is 8.62. The molecule has 31 heavy (non-hydrogen) atoms. The zero-order valence-electron chi connectivity index (χ0n) is 17.9. The van der Waals surface area contributed by atoms with Crippen LogP contribution in [-0.2, 0) is 0 Å². The number of nitrogens with zero attached hydrogens (tertiary/aromatic N) is 1. The lowest BCUT2D eigenvalue weighted by atomic mass is 9.99. The van der Waals surface area contributed by atoms with E-state index in [9.17, 15) is 0 Å². The number of benzene rings is 4. The molecule has 0 aliphatic rings. The molecule has 2 heterocycles. The molecule has 0 N–H and O–H groups in total. The monoisotopic (exact) mass is 401 g/mol. The van der Waals surface area contributed by atoms with Gasteiger partial charge in [0, 0.05) is 28.0 Å². The standard InChI is InChI=1S/C29H23NO/c1-18-4-7-27-22(13-18)10-11-30(27)24-6-9-29-26(17-24)25-16-21(5-8-28(25)31-29)23-14-19(2)12-20(3)15-23/h4-17H,1-3H3. The summed E-state index contributed by atoms with van der Waals surface area (Å²) in [5, 5.41) is 3.56. The van der Waals surface area contributed by atoms with Crippen LogP contribution < -0.4 is 0 Å². The van der Waals surface area contributed by atoms with Crippen molar-refractivity contribution in [2.24, 2.45) is 0 Å². The van der Waals surface area contributed by atoms with Gasteiger partial charge in [0.1, 0.15) is 11.2 Å².